The van der Waals surface area contributed by atoms with E-state index in [0.29, 0.717) is 5.92 Å². The van der Waals surface area contributed by atoms with Crippen LogP contribution in [-0.2, 0) is 14.3 Å². The molecule has 0 bridgehead atoms. The Bertz CT molecular complexity index is 312. The lowest BCUT2D eigenvalue weighted by Crippen LogP contribution is -2.47. The smallest absolute Gasteiger partial charge is 0.304 e. The van der Waals surface area contributed by atoms with Gasteiger partial charge in [-0.25, -0.2) is 0 Å². The fourth-order valence-corrected chi connectivity index (χ4v) is 2.11. The van der Waals surface area contributed by atoms with Crippen LogP contribution in [0.5, 0.6) is 0 Å². The van der Waals surface area contributed by atoms with Gasteiger partial charge in [0.25, 0.3) is 0 Å². The van der Waals surface area contributed by atoms with Gasteiger partial charge in [0.15, 0.2) is 0 Å². The van der Waals surface area contributed by atoms with Crippen LogP contribution in [0.2, 0.25) is 0 Å². The molecule has 6 heteroatoms. The predicted molar refractivity (Wildman–Crippen MR) is 61.9 cm³/mol. The first-order chi connectivity index (χ1) is 7.97. The lowest BCUT2D eigenvalue weighted by Gasteiger charge is -2.42. The van der Waals surface area contributed by atoms with Crippen molar-refractivity contribution in [3.63, 3.8) is 0 Å². The van der Waals surface area contributed by atoms with Gasteiger partial charge in [0.2, 0.25) is 6.29 Å². The van der Waals surface area contributed by atoms with Crippen LogP contribution in [0, 0.1) is 17.8 Å². The molecule has 6 nitrogen and oxygen atoms in total. The first-order valence-corrected chi connectivity index (χ1v) is 5.81. The second-order valence-corrected chi connectivity index (χ2v) is 4.64. The van der Waals surface area contributed by atoms with Gasteiger partial charge in [0.05, 0.1) is 12.6 Å². The lowest BCUT2D eigenvalue weighted by molar-refractivity contribution is -0.238. The van der Waals surface area contributed by atoms with E-state index in [0.717, 1.165) is 0 Å². The molecule has 1 heterocycles. The van der Waals surface area contributed by atoms with E-state index < -0.39 is 6.29 Å². The molecule has 0 amide bonds. The fourth-order valence-electron chi connectivity index (χ4n) is 2.11. The largest absolute Gasteiger partial charge is 0.436 e. The molecule has 5 atom stereocenters. The average Bonchev–Trinajstić information content (AvgIpc) is 2.28. The summed E-state index contributed by atoms with van der Waals surface area (Å²) in [5.41, 5.74) is 8.33. The number of hydrogen-bond acceptors (Lipinski definition) is 4. The van der Waals surface area contributed by atoms with E-state index in [9.17, 15) is 4.79 Å². The maximum absolute atomic E-state index is 11.0. The van der Waals surface area contributed by atoms with Crippen LogP contribution >= 0.6 is 0 Å². The summed E-state index contributed by atoms with van der Waals surface area (Å²) in [7, 11) is 0. The number of rotatable bonds is 3. The quantitative estimate of drug-likeness (QED) is 0.329. The van der Waals surface area contributed by atoms with Crippen LogP contribution in [0.25, 0.3) is 10.4 Å². The number of ether oxygens (including phenoxy) is 2. The van der Waals surface area contributed by atoms with Crippen LogP contribution in [-0.4, -0.2) is 24.9 Å². The Balaban J connectivity index is 2.74. The van der Waals surface area contributed by atoms with Crippen molar-refractivity contribution in [2.75, 3.05) is 6.54 Å². The van der Waals surface area contributed by atoms with Crippen molar-refractivity contribution in [1.82, 2.24) is 0 Å². The molecule has 1 aliphatic heterocycles. The van der Waals surface area contributed by atoms with E-state index in [1.54, 1.807) is 0 Å². The van der Waals surface area contributed by atoms with Crippen LogP contribution in [0.15, 0.2) is 5.11 Å². The summed E-state index contributed by atoms with van der Waals surface area (Å²) < 4.78 is 10.8. The SMILES string of the molecule is CC(=O)OC1OC(CN=[N+]=[N-])[C@@H](C)[C@H](C)C1C. The van der Waals surface area contributed by atoms with Crippen molar-refractivity contribution < 1.29 is 14.3 Å². The van der Waals surface area contributed by atoms with E-state index >= 15 is 0 Å². The molecular formula is C11H19N3O3. The minimum atomic E-state index is -0.544. The second kappa shape index (κ2) is 5.89. The zero-order chi connectivity index (χ0) is 13.0. The Morgan fingerprint density at radius 3 is 2.53 bits per heavy atom. The highest BCUT2D eigenvalue weighted by Gasteiger charge is 2.40. The van der Waals surface area contributed by atoms with Crippen molar-refractivity contribution in [2.45, 2.75) is 40.1 Å². The molecule has 0 spiro atoms. The number of esters is 1. The van der Waals surface area contributed by atoms with Crippen LogP contribution in [0.3, 0.4) is 0 Å². The number of carbonyl (C=O) groups excluding carboxylic acids is 1. The van der Waals surface area contributed by atoms with Gasteiger partial charge >= 0.3 is 5.97 Å². The van der Waals surface area contributed by atoms with Crippen LogP contribution in [0.1, 0.15) is 27.7 Å². The molecule has 0 aromatic heterocycles. The van der Waals surface area contributed by atoms with Gasteiger partial charge in [-0.05, 0) is 17.4 Å². The zero-order valence-electron chi connectivity index (χ0n) is 10.7. The van der Waals surface area contributed by atoms with Crippen molar-refractivity contribution in [3.05, 3.63) is 10.4 Å². The minimum Gasteiger partial charge on any atom is -0.436 e. The van der Waals surface area contributed by atoms with E-state index in [1.807, 2.05) is 6.92 Å². The number of carbonyl (C=O) groups is 1. The molecule has 17 heavy (non-hydrogen) atoms. The molecule has 0 aromatic rings. The third-order valence-corrected chi connectivity index (χ3v) is 3.59. The van der Waals surface area contributed by atoms with Crippen molar-refractivity contribution >= 4 is 5.97 Å². The Labute approximate surface area is 101 Å². The highest BCUT2D eigenvalue weighted by molar-refractivity contribution is 5.66. The van der Waals surface area contributed by atoms with Gasteiger partial charge in [0.1, 0.15) is 0 Å². The number of nitrogens with zero attached hydrogens (tertiary/aromatic N) is 3. The summed E-state index contributed by atoms with van der Waals surface area (Å²) in [6, 6.07) is 0. The summed E-state index contributed by atoms with van der Waals surface area (Å²) in [6.07, 6.45) is -0.737. The highest BCUT2D eigenvalue weighted by atomic mass is 16.7. The van der Waals surface area contributed by atoms with Crippen molar-refractivity contribution in [1.29, 1.82) is 0 Å². The molecular weight excluding hydrogens is 222 g/mol. The molecule has 0 saturated carbocycles. The van der Waals surface area contributed by atoms with E-state index in [-0.39, 0.29) is 30.5 Å². The topological polar surface area (TPSA) is 84.3 Å². The monoisotopic (exact) mass is 241 g/mol. The van der Waals surface area contributed by atoms with Gasteiger partial charge in [-0.15, -0.1) is 0 Å². The summed E-state index contributed by atoms with van der Waals surface area (Å²) >= 11 is 0. The normalized spacial score (nSPS) is 37.1. The van der Waals surface area contributed by atoms with E-state index in [1.165, 1.54) is 6.92 Å². The van der Waals surface area contributed by atoms with Crippen LogP contribution in [0.4, 0.5) is 0 Å². The Morgan fingerprint density at radius 1 is 1.35 bits per heavy atom. The number of azide groups is 1. The van der Waals surface area contributed by atoms with Gasteiger partial charge < -0.3 is 9.47 Å². The Hall–Kier alpha value is -1.26. The standard InChI is InChI=1S/C11H19N3O3/c1-6-7(2)10(5-13-14-12)17-11(8(6)3)16-9(4)15/h6-8,10-11H,5H2,1-4H3/t6-,7-,8?,10?,11?/m0/s1. The molecule has 0 aromatic carbocycles. The maximum Gasteiger partial charge on any atom is 0.304 e. The molecule has 0 radical (unpaired) electrons. The molecule has 1 fully saturated rings. The lowest BCUT2D eigenvalue weighted by atomic mass is 9.79. The van der Waals surface area contributed by atoms with Crippen molar-refractivity contribution in [3.8, 4) is 0 Å². The molecule has 1 aliphatic rings. The molecule has 1 saturated heterocycles. The third kappa shape index (κ3) is 3.35. The molecule has 96 valence electrons. The third-order valence-electron chi connectivity index (χ3n) is 3.59. The van der Waals surface area contributed by atoms with Gasteiger partial charge in [-0.2, -0.15) is 0 Å². The molecule has 0 N–H and O–H groups in total. The summed E-state index contributed by atoms with van der Waals surface area (Å²) in [4.78, 5) is 13.7. The van der Waals surface area contributed by atoms with Gasteiger partial charge in [0, 0.05) is 17.8 Å². The first kappa shape index (κ1) is 13.8. The Morgan fingerprint density at radius 2 is 2.00 bits per heavy atom. The fraction of sp³-hybridized carbons (Fsp3) is 0.909. The first-order valence-electron chi connectivity index (χ1n) is 5.81. The Kier molecular flexibility index (Phi) is 4.78. The predicted octanol–water partition coefficient (Wildman–Crippen LogP) is 2.49. The van der Waals surface area contributed by atoms with E-state index in [4.69, 9.17) is 15.0 Å². The maximum atomic E-state index is 11.0. The van der Waals surface area contributed by atoms with Gasteiger partial charge in [-0.1, -0.05) is 25.9 Å². The summed E-state index contributed by atoms with van der Waals surface area (Å²) in [5, 5.41) is 3.53. The second-order valence-electron chi connectivity index (χ2n) is 4.64. The molecule has 3 unspecified atom stereocenters. The summed E-state index contributed by atoms with van der Waals surface area (Å²) in [5.74, 6) is 0.386. The van der Waals surface area contributed by atoms with Gasteiger partial charge in [-0.3, -0.25) is 4.79 Å². The van der Waals surface area contributed by atoms with Crippen LogP contribution < -0.4 is 0 Å². The summed E-state index contributed by atoms with van der Waals surface area (Å²) in [6.45, 7) is 7.78. The molecule has 0 aliphatic carbocycles. The minimum absolute atomic E-state index is 0.135. The highest BCUT2D eigenvalue weighted by Crippen LogP contribution is 2.35. The zero-order valence-corrected chi connectivity index (χ0v) is 10.7. The molecule has 1 rings (SSSR count). The van der Waals surface area contributed by atoms with Crippen molar-refractivity contribution in [2.24, 2.45) is 22.9 Å². The van der Waals surface area contributed by atoms with E-state index in [2.05, 4.69) is 23.9 Å². The average molecular weight is 241 g/mol. The number of hydrogen-bond donors (Lipinski definition) is 0.